The third kappa shape index (κ3) is 4.83. The summed E-state index contributed by atoms with van der Waals surface area (Å²) in [5.41, 5.74) is 0. The third-order valence-corrected chi connectivity index (χ3v) is 2.69. The number of hydrogen-bond acceptors (Lipinski definition) is 4. The Hall–Kier alpha value is -0.260. The van der Waals surface area contributed by atoms with Crippen molar-refractivity contribution in [3.8, 4) is 0 Å². The Labute approximate surface area is 89.2 Å². The van der Waals surface area contributed by atoms with E-state index >= 15 is 0 Å². The van der Waals surface area contributed by atoms with Crippen molar-refractivity contribution >= 4 is 17.7 Å². The van der Waals surface area contributed by atoms with Crippen molar-refractivity contribution in [2.24, 2.45) is 0 Å². The van der Waals surface area contributed by atoms with Gasteiger partial charge in [-0.25, -0.2) is 0 Å². The summed E-state index contributed by atoms with van der Waals surface area (Å²) < 4.78 is 5.28. The van der Waals surface area contributed by atoms with E-state index in [4.69, 9.17) is 4.74 Å². The highest BCUT2D eigenvalue weighted by Gasteiger charge is 2.13. The van der Waals surface area contributed by atoms with Gasteiger partial charge in [0.1, 0.15) is 0 Å². The quantitative estimate of drug-likeness (QED) is 0.673. The van der Waals surface area contributed by atoms with Crippen molar-refractivity contribution in [2.45, 2.75) is 12.5 Å². The topological polar surface area (TPSA) is 50.4 Å². The molecule has 0 bridgehead atoms. The lowest BCUT2D eigenvalue weighted by molar-refractivity contribution is -0.120. The van der Waals surface area contributed by atoms with Crippen LogP contribution in [-0.2, 0) is 9.53 Å². The molecular weight excluding hydrogens is 200 g/mol. The van der Waals surface area contributed by atoms with Crippen LogP contribution in [0.3, 0.4) is 0 Å². The SMILES string of the molecule is CSCCC(=O)NCC1COCCN1. The fourth-order valence-electron chi connectivity index (χ4n) is 1.27. The van der Waals surface area contributed by atoms with Gasteiger partial charge in [0.05, 0.1) is 13.2 Å². The maximum Gasteiger partial charge on any atom is 0.220 e. The average Bonchev–Trinajstić information content (AvgIpc) is 2.25. The van der Waals surface area contributed by atoms with E-state index in [1.807, 2.05) is 6.26 Å². The standard InChI is InChI=1S/C9H18N2O2S/c1-14-5-2-9(12)11-6-8-7-13-4-3-10-8/h8,10H,2-7H2,1H3,(H,11,12). The zero-order valence-corrected chi connectivity index (χ0v) is 9.36. The molecule has 1 rings (SSSR count). The molecule has 1 atom stereocenters. The van der Waals surface area contributed by atoms with Gasteiger partial charge in [0.2, 0.25) is 5.91 Å². The van der Waals surface area contributed by atoms with E-state index in [0.29, 0.717) is 19.6 Å². The number of carbonyl (C=O) groups is 1. The monoisotopic (exact) mass is 218 g/mol. The molecule has 1 unspecified atom stereocenters. The van der Waals surface area contributed by atoms with Crippen LogP contribution in [0.25, 0.3) is 0 Å². The molecule has 1 aliphatic rings. The predicted octanol–water partition coefficient (Wildman–Crippen LogP) is -0.156. The molecule has 1 aliphatic heterocycles. The van der Waals surface area contributed by atoms with E-state index in [2.05, 4.69) is 10.6 Å². The van der Waals surface area contributed by atoms with E-state index < -0.39 is 0 Å². The van der Waals surface area contributed by atoms with E-state index in [-0.39, 0.29) is 11.9 Å². The Morgan fingerprint density at radius 2 is 2.57 bits per heavy atom. The van der Waals surface area contributed by atoms with Crippen LogP contribution in [0.2, 0.25) is 0 Å². The lowest BCUT2D eigenvalue weighted by Gasteiger charge is -2.23. The highest BCUT2D eigenvalue weighted by atomic mass is 32.2. The highest BCUT2D eigenvalue weighted by molar-refractivity contribution is 7.98. The van der Waals surface area contributed by atoms with Gasteiger partial charge >= 0.3 is 0 Å². The molecule has 0 aliphatic carbocycles. The highest BCUT2D eigenvalue weighted by Crippen LogP contribution is 1.95. The number of hydrogen-bond donors (Lipinski definition) is 2. The van der Waals surface area contributed by atoms with Crippen molar-refractivity contribution in [1.82, 2.24) is 10.6 Å². The summed E-state index contributed by atoms with van der Waals surface area (Å²) in [6.45, 7) is 3.03. The first-order chi connectivity index (χ1) is 6.83. The zero-order valence-electron chi connectivity index (χ0n) is 8.54. The summed E-state index contributed by atoms with van der Waals surface area (Å²) in [7, 11) is 0. The van der Waals surface area contributed by atoms with Crippen LogP contribution in [-0.4, -0.2) is 50.3 Å². The molecule has 1 fully saturated rings. The minimum Gasteiger partial charge on any atom is -0.378 e. The molecule has 0 spiro atoms. The van der Waals surface area contributed by atoms with E-state index in [1.165, 1.54) is 0 Å². The van der Waals surface area contributed by atoms with Crippen LogP contribution in [0.5, 0.6) is 0 Å². The molecule has 1 saturated heterocycles. The third-order valence-electron chi connectivity index (χ3n) is 2.08. The molecule has 0 radical (unpaired) electrons. The van der Waals surface area contributed by atoms with Crippen molar-refractivity contribution in [3.05, 3.63) is 0 Å². The number of morpholine rings is 1. The van der Waals surface area contributed by atoms with E-state index in [9.17, 15) is 4.79 Å². The Balaban J connectivity index is 2.03. The van der Waals surface area contributed by atoms with Crippen LogP contribution in [0, 0.1) is 0 Å². The first-order valence-electron chi connectivity index (χ1n) is 4.89. The molecule has 14 heavy (non-hydrogen) atoms. The second-order valence-electron chi connectivity index (χ2n) is 3.27. The molecule has 0 aromatic rings. The summed E-state index contributed by atoms with van der Waals surface area (Å²) in [6, 6.07) is 0.280. The van der Waals surface area contributed by atoms with Gasteiger partial charge in [-0.2, -0.15) is 11.8 Å². The normalized spacial score (nSPS) is 21.9. The minimum atomic E-state index is 0.131. The van der Waals surface area contributed by atoms with Crippen molar-refractivity contribution in [3.63, 3.8) is 0 Å². The maximum absolute atomic E-state index is 11.3. The first kappa shape index (κ1) is 11.8. The molecule has 2 N–H and O–H groups in total. The second kappa shape index (κ2) is 7.09. The van der Waals surface area contributed by atoms with Gasteiger partial charge in [0.15, 0.2) is 0 Å². The number of ether oxygens (including phenoxy) is 1. The van der Waals surface area contributed by atoms with Gasteiger partial charge in [-0.15, -0.1) is 0 Å². The molecule has 1 amide bonds. The maximum atomic E-state index is 11.3. The van der Waals surface area contributed by atoms with Crippen LogP contribution in [0.1, 0.15) is 6.42 Å². The van der Waals surface area contributed by atoms with Crippen LogP contribution in [0.4, 0.5) is 0 Å². The lowest BCUT2D eigenvalue weighted by atomic mass is 10.2. The Kier molecular flexibility index (Phi) is 5.98. The zero-order chi connectivity index (χ0) is 10.2. The second-order valence-corrected chi connectivity index (χ2v) is 4.26. The number of nitrogens with one attached hydrogen (secondary N) is 2. The molecule has 0 saturated carbocycles. The summed E-state index contributed by atoms with van der Waals surface area (Å²) >= 11 is 1.69. The van der Waals surface area contributed by atoms with Gasteiger partial charge in [0.25, 0.3) is 0 Å². The number of thioether (sulfide) groups is 1. The molecule has 1 heterocycles. The Bertz CT molecular complexity index is 172. The van der Waals surface area contributed by atoms with Gasteiger partial charge < -0.3 is 15.4 Å². The fraction of sp³-hybridized carbons (Fsp3) is 0.889. The minimum absolute atomic E-state index is 0.131. The fourth-order valence-corrected chi connectivity index (χ4v) is 1.66. The predicted molar refractivity (Wildman–Crippen MR) is 58.6 cm³/mol. The largest absolute Gasteiger partial charge is 0.378 e. The van der Waals surface area contributed by atoms with Gasteiger partial charge in [-0.1, -0.05) is 0 Å². The van der Waals surface area contributed by atoms with Crippen LogP contribution >= 0.6 is 11.8 Å². The Morgan fingerprint density at radius 1 is 1.71 bits per heavy atom. The number of carbonyl (C=O) groups excluding carboxylic acids is 1. The Morgan fingerprint density at radius 3 is 3.21 bits per heavy atom. The van der Waals surface area contributed by atoms with Gasteiger partial charge in [-0.05, 0) is 6.26 Å². The van der Waals surface area contributed by atoms with E-state index in [0.717, 1.165) is 18.9 Å². The smallest absolute Gasteiger partial charge is 0.220 e. The van der Waals surface area contributed by atoms with Crippen LogP contribution < -0.4 is 10.6 Å². The molecular formula is C9H18N2O2S. The molecule has 0 aromatic heterocycles. The molecule has 82 valence electrons. The van der Waals surface area contributed by atoms with E-state index in [1.54, 1.807) is 11.8 Å². The van der Waals surface area contributed by atoms with Crippen molar-refractivity contribution in [1.29, 1.82) is 0 Å². The number of rotatable bonds is 5. The van der Waals surface area contributed by atoms with Gasteiger partial charge in [-0.3, -0.25) is 4.79 Å². The van der Waals surface area contributed by atoms with Gasteiger partial charge in [0, 0.05) is 31.3 Å². The first-order valence-corrected chi connectivity index (χ1v) is 6.29. The molecule has 4 nitrogen and oxygen atoms in total. The lowest BCUT2D eigenvalue weighted by Crippen LogP contribution is -2.48. The average molecular weight is 218 g/mol. The summed E-state index contributed by atoms with van der Waals surface area (Å²) in [6.07, 6.45) is 2.61. The van der Waals surface area contributed by atoms with Crippen molar-refractivity contribution in [2.75, 3.05) is 38.3 Å². The number of amides is 1. The summed E-state index contributed by atoms with van der Waals surface area (Å²) in [5, 5.41) is 6.18. The van der Waals surface area contributed by atoms with Crippen molar-refractivity contribution < 1.29 is 9.53 Å². The molecule has 0 aromatic carbocycles. The van der Waals surface area contributed by atoms with Crippen LogP contribution in [0.15, 0.2) is 0 Å². The summed E-state index contributed by atoms with van der Waals surface area (Å²) in [5.74, 6) is 1.02. The molecule has 5 heteroatoms. The summed E-state index contributed by atoms with van der Waals surface area (Å²) in [4.78, 5) is 11.3.